The van der Waals surface area contributed by atoms with Gasteiger partial charge in [-0.15, -0.1) is 11.6 Å². The van der Waals surface area contributed by atoms with E-state index in [1.54, 1.807) is 0 Å². The Morgan fingerprint density at radius 3 is 2.62 bits per heavy atom. The Morgan fingerprint density at radius 1 is 1.46 bits per heavy atom. The molecule has 1 unspecified atom stereocenters. The van der Waals surface area contributed by atoms with Crippen LogP contribution in [-0.4, -0.2) is 43.6 Å². The zero-order valence-corrected chi connectivity index (χ0v) is 9.39. The van der Waals surface area contributed by atoms with Gasteiger partial charge in [-0.1, -0.05) is 0 Å². The molecule has 1 saturated heterocycles. The lowest BCUT2D eigenvalue weighted by Crippen LogP contribution is -2.36. The van der Waals surface area contributed by atoms with Crippen molar-refractivity contribution in [2.45, 2.75) is 25.8 Å². The summed E-state index contributed by atoms with van der Waals surface area (Å²) in [6.07, 6.45) is 2.42. The molecule has 0 aromatic rings. The topological polar surface area (TPSA) is 12.5 Å². The van der Waals surface area contributed by atoms with Crippen molar-refractivity contribution in [2.24, 2.45) is 5.92 Å². The Labute approximate surface area is 86.2 Å². The molecule has 0 aromatic heterocycles. The van der Waals surface area contributed by atoms with Gasteiger partial charge in [0, 0.05) is 31.7 Å². The lowest BCUT2D eigenvalue weighted by Gasteiger charge is -2.30. The van der Waals surface area contributed by atoms with Crippen molar-refractivity contribution in [1.82, 2.24) is 4.90 Å². The molecule has 0 bridgehead atoms. The summed E-state index contributed by atoms with van der Waals surface area (Å²) in [6, 6.07) is 0.490. The minimum Gasteiger partial charge on any atom is -0.381 e. The van der Waals surface area contributed by atoms with E-state index in [-0.39, 0.29) is 0 Å². The second-order valence-corrected chi connectivity index (χ2v) is 4.31. The molecule has 3 heteroatoms. The number of nitrogens with zero attached hydrogens (tertiary/aromatic N) is 1. The second-order valence-electron chi connectivity index (χ2n) is 4.00. The van der Waals surface area contributed by atoms with Gasteiger partial charge in [-0.25, -0.2) is 0 Å². The number of hydrogen-bond donors (Lipinski definition) is 0. The van der Waals surface area contributed by atoms with E-state index in [4.69, 9.17) is 16.3 Å². The third-order valence-corrected chi connectivity index (χ3v) is 3.31. The molecule has 0 N–H and O–H groups in total. The fraction of sp³-hybridized carbons (Fsp3) is 1.00. The highest BCUT2D eigenvalue weighted by Crippen LogP contribution is 2.16. The van der Waals surface area contributed by atoms with Crippen LogP contribution in [0.2, 0.25) is 0 Å². The lowest BCUT2D eigenvalue weighted by molar-refractivity contribution is 0.0525. The summed E-state index contributed by atoms with van der Waals surface area (Å²) in [5, 5.41) is 0. The van der Waals surface area contributed by atoms with Crippen molar-refractivity contribution in [3.63, 3.8) is 0 Å². The summed E-state index contributed by atoms with van der Waals surface area (Å²) in [5.41, 5.74) is 0. The van der Waals surface area contributed by atoms with Crippen LogP contribution in [0.5, 0.6) is 0 Å². The van der Waals surface area contributed by atoms with Crippen molar-refractivity contribution >= 4 is 11.6 Å². The highest BCUT2D eigenvalue weighted by atomic mass is 35.5. The fourth-order valence-corrected chi connectivity index (χ4v) is 1.87. The smallest absolute Gasteiger partial charge is 0.0469 e. The Morgan fingerprint density at radius 2 is 2.08 bits per heavy atom. The first-order valence-electron chi connectivity index (χ1n) is 5.08. The normalized spacial score (nSPS) is 22.2. The molecule has 0 aliphatic carbocycles. The summed E-state index contributed by atoms with van der Waals surface area (Å²) in [4.78, 5) is 2.35. The van der Waals surface area contributed by atoms with Gasteiger partial charge in [0.2, 0.25) is 0 Å². The Balaban J connectivity index is 2.21. The van der Waals surface area contributed by atoms with Crippen LogP contribution in [0, 0.1) is 5.92 Å². The number of halogens is 1. The van der Waals surface area contributed by atoms with Crippen LogP contribution in [0.3, 0.4) is 0 Å². The molecule has 2 nitrogen and oxygen atoms in total. The largest absolute Gasteiger partial charge is 0.381 e. The molecule has 1 fully saturated rings. The first-order chi connectivity index (χ1) is 6.24. The van der Waals surface area contributed by atoms with E-state index in [2.05, 4.69) is 18.9 Å². The predicted molar refractivity (Wildman–Crippen MR) is 56.4 cm³/mol. The average Bonchev–Trinajstić information content (AvgIpc) is 2.18. The minimum absolute atomic E-state index is 0.490. The second kappa shape index (κ2) is 5.84. The standard InChI is InChI=1S/C10H20ClNO/c1-9(7-11)12(2)8-10-3-5-13-6-4-10/h9-10H,3-8H2,1-2H3. The summed E-state index contributed by atoms with van der Waals surface area (Å²) in [5.74, 6) is 1.53. The van der Waals surface area contributed by atoms with Gasteiger partial charge < -0.3 is 9.64 Å². The van der Waals surface area contributed by atoms with Gasteiger partial charge in [-0.2, -0.15) is 0 Å². The molecule has 78 valence electrons. The molecule has 0 radical (unpaired) electrons. The molecule has 0 spiro atoms. The third-order valence-electron chi connectivity index (χ3n) is 2.86. The lowest BCUT2D eigenvalue weighted by atomic mass is 9.99. The molecule has 1 aliphatic heterocycles. The third kappa shape index (κ3) is 3.84. The van der Waals surface area contributed by atoms with E-state index in [9.17, 15) is 0 Å². The van der Waals surface area contributed by atoms with Gasteiger partial charge in [0.1, 0.15) is 0 Å². The first kappa shape index (κ1) is 11.3. The average molecular weight is 206 g/mol. The molecule has 0 amide bonds. The van der Waals surface area contributed by atoms with Crippen LogP contribution in [0.15, 0.2) is 0 Å². The van der Waals surface area contributed by atoms with Gasteiger partial charge in [0.05, 0.1) is 0 Å². The molecule has 0 aromatic carbocycles. The number of alkyl halides is 1. The highest BCUT2D eigenvalue weighted by Gasteiger charge is 2.17. The van der Waals surface area contributed by atoms with E-state index >= 15 is 0 Å². The molecule has 13 heavy (non-hydrogen) atoms. The van der Waals surface area contributed by atoms with E-state index in [1.807, 2.05) is 0 Å². The Kier molecular flexibility index (Phi) is 5.07. The van der Waals surface area contributed by atoms with Crippen LogP contribution in [-0.2, 0) is 4.74 Å². The summed E-state index contributed by atoms with van der Waals surface area (Å²) in [7, 11) is 2.16. The van der Waals surface area contributed by atoms with Crippen molar-refractivity contribution in [1.29, 1.82) is 0 Å². The summed E-state index contributed by atoms with van der Waals surface area (Å²) < 4.78 is 5.32. The molecular weight excluding hydrogens is 186 g/mol. The van der Waals surface area contributed by atoms with Crippen LogP contribution >= 0.6 is 11.6 Å². The van der Waals surface area contributed by atoms with E-state index in [0.29, 0.717) is 6.04 Å². The van der Waals surface area contributed by atoms with Gasteiger partial charge >= 0.3 is 0 Å². The van der Waals surface area contributed by atoms with Gasteiger partial charge in [0.25, 0.3) is 0 Å². The number of rotatable bonds is 4. The summed E-state index contributed by atoms with van der Waals surface area (Å²) in [6.45, 7) is 5.21. The fourth-order valence-electron chi connectivity index (χ4n) is 1.63. The maximum atomic E-state index is 5.80. The van der Waals surface area contributed by atoms with Gasteiger partial charge in [-0.3, -0.25) is 0 Å². The van der Waals surface area contributed by atoms with Gasteiger partial charge in [-0.05, 0) is 32.7 Å². The van der Waals surface area contributed by atoms with Crippen LogP contribution in [0.25, 0.3) is 0 Å². The Hall–Kier alpha value is 0.210. The van der Waals surface area contributed by atoms with Gasteiger partial charge in [0.15, 0.2) is 0 Å². The van der Waals surface area contributed by atoms with E-state index < -0.39 is 0 Å². The van der Waals surface area contributed by atoms with Crippen molar-refractivity contribution in [3.8, 4) is 0 Å². The van der Waals surface area contributed by atoms with Crippen LogP contribution in [0.1, 0.15) is 19.8 Å². The quantitative estimate of drug-likeness (QED) is 0.651. The number of ether oxygens (including phenoxy) is 1. The predicted octanol–water partition coefficient (Wildman–Crippen LogP) is 1.97. The number of hydrogen-bond acceptors (Lipinski definition) is 2. The zero-order chi connectivity index (χ0) is 9.68. The maximum absolute atomic E-state index is 5.80. The monoisotopic (exact) mass is 205 g/mol. The van der Waals surface area contributed by atoms with Crippen LogP contribution < -0.4 is 0 Å². The van der Waals surface area contributed by atoms with Crippen LogP contribution in [0.4, 0.5) is 0 Å². The Bertz CT molecular complexity index is 137. The van der Waals surface area contributed by atoms with Crippen molar-refractivity contribution < 1.29 is 4.74 Å². The molecule has 1 rings (SSSR count). The molecule has 0 saturated carbocycles. The zero-order valence-electron chi connectivity index (χ0n) is 8.63. The maximum Gasteiger partial charge on any atom is 0.0469 e. The SMILES string of the molecule is CC(CCl)N(C)CC1CCOCC1. The molecule has 1 aliphatic rings. The highest BCUT2D eigenvalue weighted by molar-refractivity contribution is 6.18. The molecule has 1 atom stereocenters. The van der Waals surface area contributed by atoms with Crippen molar-refractivity contribution in [3.05, 3.63) is 0 Å². The molecular formula is C10H20ClNO. The van der Waals surface area contributed by atoms with Crippen molar-refractivity contribution in [2.75, 3.05) is 32.7 Å². The molecule has 1 heterocycles. The summed E-state index contributed by atoms with van der Waals surface area (Å²) >= 11 is 5.80. The first-order valence-corrected chi connectivity index (χ1v) is 5.61. The van der Waals surface area contributed by atoms with E-state index in [1.165, 1.54) is 12.8 Å². The minimum atomic E-state index is 0.490. The van der Waals surface area contributed by atoms with E-state index in [0.717, 1.165) is 31.6 Å².